The van der Waals surface area contributed by atoms with Gasteiger partial charge in [-0.1, -0.05) is 39.0 Å². The van der Waals surface area contributed by atoms with Gasteiger partial charge in [0.25, 0.3) is 0 Å². The third-order valence-corrected chi connectivity index (χ3v) is 6.97. The van der Waals surface area contributed by atoms with Crippen molar-refractivity contribution in [2.75, 3.05) is 19.7 Å². The molecule has 0 unspecified atom stereocenters. The van der Waals surface area contributed by atoms with Crippen LogP contribution in [0.15, 0.2) is 30.3 Å². The molecule has 2 heterocycles. The zero-order chi connectivity index (χ0) is 25.0. The fraction of sp³-hybridized carbons (Fsp3) is 0.615. The second-order valence-electron chi connectivity index (χ2n) is 9.75. The Bertz CT molecular complexity index is 979. The predicted octanol–water partition coefficient (Wildman–Crippen LogP) is 5.11. The van der Waals surface area contributed by atoms with E-state index in [1.54, 1.807) is 12.1 Å². The smallest absolute Gasteiger partial charge is 0.394 e. The van der Waals surface area contributed by atoms with Gasteiger partial charge in [0.2, 0.25) is 5.91 Å². The highest BCUT2D eigenvalue weighted by Gasteiger charge is 2.38. The number of rotatable bonds is 9. The van der Waals surface area contributed by atoms with Crippen molar-refractivity contribution < 1.29 is 23.1 Å². The van der Waals surface area contributed by atoms with Crippen molar-refractivity contribution in [3.8, 4) is 0 Å². The fourth-order valence-corrected chi connectivity index (χ4v) is 5.13. The first-order chi connectivity index (χ1) is 16.1. The summed E-state index contributed by atoms with van der Waals surface area (Å²) in [4.78, 5) is 20.6. The zero-order valence-electron chi connectivity index (χ0n) is 20.5. The summed E-state index contributed by atoms with van der Waals surface area (Å²) in [5.41, 5.74) is 0.0793. The molecule has 1 N–H and O–H groups in total. The van der Waals surface area contributed by atoms with E-state index in [0.29, 0.717) is 30.6 Å². The van der Waals surface area contributed by atoms with Crippen molar-refractivity contribution in [1.29, 1.82) is 0 Å². The maximum atomic E-state index is 13.5. The number of hydrogen-bond donors (Lipinski definition) is 1. The third-order valence-electron chi connectivity index (χ3n) is 6.97. The lowest BCUT2D eigenvalue weighted by Gasteiger charge is -2.46. The number of amides is 1. The maximum Gasteiger partial charge on any atom is 0.433 e. The van der Waals surface area contributed by atoms with Crippen molar-refractivity contribution in [2.45, 2.75) is 71.8 Å². The topological polar surface area (TPSA) is 56.7 Å². The number of likely N-dealkylation sites (tertiary alicyclic amines) is 1. The van der Waals surface area contributed by atoms with E-state index in [1.807, 2.05) is 37.8 Å². The van der Waals surface area contributed by atoms with Gasteiger partial charge in [0.15, 0.2) is 0 Å². The second kappa shape index (κ2) is 11.0. The number of halogens is 3. The molecule has 34 heavy (non-hydrogen) atoms. The van der Waals surface area contributed by atoms with Crippen LogP contribution < -0.4 is 0 Å². The minimum absolute atomic E-state index is 0.0555. The molecular weight excluding hydrogens is 443 g/mol. The van der Waals surface area contributed by atoms with Crippen LogP contribution >= 0.6 is 0 Å². The molecule has 1 aromatic heterocycles. The number of alkyl halides is 3. The van der Waals surface area contributed by atoms with Crippen molar-refractivity contribution in [1.82, 2.24) is 14.8 Å². The van der Waals surface area contributed by atoms with E-state index in [2.05, 4.69) is 16.8 Å². The fourth-order valence-electron chi connectivity index (χ4n) is 5.13. The van der Waals surface area contributed by atoms with E-state index >= 15 is 0 Å². The molecule has 0 spiro atoms. The minimum Gasteiger partial charge on any atom is -0.394 e. The summed E-state index contributed by atoms with van der Waals surface area (Å²) in [7, 11) is 0. The molecule has 0 radical (unpaired) electrons. The summed E-state index contributed by atoms with van der Waals surface area (Å²) < 4.78 is 40.6. The normalized spacial score (nSPS) is 20.5. The van der Waals surface area contributed by atoms with Crippen LogP contribution in [0.4, 0.5) is 13.2 Å². The van der Waals surface area contributed by atoms with Crippen LogP contribution in [0.25, 0.3) is 10.9 Å². The first kappa shape index (κ1) is 26.4. The van der Waals surface area contributed by atoms with Crippen LogP contribution in [0.3, 0.4) is 0 Å². The molecular formula is C26H36F3N3O2. The van der Waals surface area contributed by atoms with Crippen molar-refractivity contribution in [2.24, 2.45) is 11.8 Å². The quantitative estimate of drug-likeness (QED) is 0.543. The molecule has 0 saturated carbocycles. The standard InChI is InChI=1S/C26H36F3N3O2/c1-5-12-31(14-19-10-11-25(34)32(18(19)4)23(16-33)17(2)3)15-20-13-24(26(27,28)29)30-22-9-7-6-8-21(20)22/h6-9,13,17-19,23,33H,5,10-12,14-16H2,1-4H3/t18-,19+,23+/m0/s1. The highest BCUT2D eigenvalue weighted by Crippen LogP contribution is 2.33. The van der Waals surface area contributed by atoms with Gasteiger partial charge in [-0.3, -0.25) is 9.69 Å². The Morgan fingerprint density at radius 3 is 2.59 bits per heavy atom. The Balaban J connectivity index is 1.88. The van der Waals surface area contributed by atoms with E-state index in [1.165, 1.54) is 6.07 Å². The van der Waals surface area contributed by atoms with Gasteiger partial charge >= 0.3 is 6.18 Å². The van der Waals surface area contributed by atoms with Gasteiger partial charge in [0, 0.05) is 30.9 Å². The first-order valence-electron chi connectivity index (χ1n) is 12.2. The van der Waals surface area contributed by atoms with Crippen molar-refractivity contribution in [3.05, 3.63) is 41.6 Å². The molecule has 5 nitrogen and oxygen atoms in total. The Morgan fingerprint density at radius 1 is 1.26 bits per heavy atom. The summed E-state index contributed by atoms with van der Waals surface area (Å²) >= 11 is 0. The second-order valence-corrected chi connectivity index (χ2v) is 9.75. The zero-order valence-corrected chi connectivity index (χ0v) is 20.5. The minimum atomic E-state index is -4.51. The van der Waals surface area contributed by atoms with Crippen LogP contribution in [-0.4, -0.2) is 57.6 Å². The highest BCUT2D eigenvalue weighted by atomic mass is 19.4. The molecule has 2 aromatic rings. The summed E-state index contributed by atoms with van der Waals surface area (Å²) in [6.07, 6.45) is -2.49. The number of para-hydroxylation sites is 1. The number of fused-ring (bicyclic) bond motifs is 1. The summed E-state index contributed by atoms with van der Waals surface area (Å²) in [5, 5.41) is 10.6. The van der Waals surface area contributed by atoms with Crippen LogP contribution in [-0.2, 0) is 17.5 Å². The van der Waals surface area contributed by atoms with E-state index in [0.717, 1.165) is 24.8 Å². The molecule has 8 heteroatoms. The van der Waals surface area contributed by atoms with Crippen LogP contribution in [0.5, 0.6) is 0 Å². The third kappa shape index (κ3) is 5.89. The van der Waals surface area contributed by atoms with Gasteiger partial charge in [-0.15, -0.1) is 0 Å². The van der Waals surface area contributed by atoms with Gasteiger partial charge in [0.1, 0.15) is 5.69 Å². The number of aromatic nitrogens is 1. The average molecular weight is 480 g/mol. The lowest BCUT2D eigenvalue weighted by atomic mass is 9.86. The lowest BCUT2D eigenvalue weighted by Crippen LogP contribution is -2.56. The number of nitrogens with zero attached hydrogens (tertiary/aromatic N) is 3. The number of aliphatic hydroxyl groups excluding tert-OH is 1. The van der Waals surface area contributed by atoms with Crippen LogP contribution in [0.1, 0.15) is 58.2 Å². The van der Waals surface area contributed by atoms with Gasteiger partial charge < -0.3 is 10.0 Å². The van der Waals surface area contributed by atoms with Gasteiger partial charge in [0.05, 0.1) is 18.2 Å². The average Bonchev–Trinajstić information content (AvgIpc) is 2.77. The number of pyridine rings is 1. The molecule has 1 fully saturated rings. The Morgan fingerprint density at radius 2 is 1.97 bits per heavy atom. The molecule has 1 amide bonds. The maximum absolute atomic E-state index is 13.5. The van der Waals surface area contributed by atoms with Crippen molar-refractivity contribution in [3.63, 3.8) is 0 Å². The summed E-state index contributed by atoms with van der Waals surface area (Å²) in [6.45, 7) is 9.80. The highest BCUT2D eigenvalue weighted by molar-refractivity contribution is 5.82. The molecule has 1 aliphatic rings. The SMILES string of the molecule is CCCN(Cc1cc(C(F)(F)F)nc2ccccc12)C[C@H]1CCC(=O)N([C@H](CO)C(C)C)[C@H]1C. The van der Waals surface area contributed by atoms with E-state index in [-0.39, 0.29) is 36.4 Å². The molecule has 0 aliphatic carbocycles. The molecule has 0 bridgehead atoms. The van der Waals surface area contributed by atoms with Gasteiger partial charge in [-0.05, 0) is 55.8 Å². The van der Waals surface area contributed by atoms with Crippen LogP contribution in [0.2, 0.25) is 0 Å². The molecule has 1 saturated heterocycles. The molecule has 1 aromatic carbocycles. The lowest BCUT2D eigenvalue weighted by molar-refractivity contribution is -0.145. The van der Waals surface area contributed by atoms with E-state index in [9.17, 15) is 23.1 Å². The number of carbonyl (C=O) groups is 1. The van der Waals surface area contributed by atoms with E-state index in [4.69, 9.17) is 0 Å². The van der Waals surface area contributed by atoms with Crippen molar-refractivity contribution >= 4 is 16.8 Å². The number of piperidine rings is 1. The van der Waals surface area contributed by atoms with Gasteiger partial charge in [-0.2, -0.15) is 13.2 Å². The molecule has 3 atom stereocenters. The summed E-state index contributed by atoms with van der Waals surface area (Å²) in [5.74, 6) is 0.367. The number of hydrogen-bond acceptors (Lipinski definition) is 4. The predicted molar refractivity (Wildman–Crippen MR) is 127 cm³/mol. The molecule has 1 aliphatic heterocycles. The Kier molecular flexibility index (Phi) is 8.57. The molecule has 188 valence electrons. The monoisotopic (exact) mass is 479 g/mol. The summed E-state index contributed by atoms with van der Waals surface area (Å²) in [6, 6.07) is 7.84. The van der Waals surface area contributed by atoms with Crippen LogP contribution in [0, 0.1) is 11.8 Å². The van der Waals surface area contributed by atoms with E-state index < -0.39 is 11.9 Å². The number of carbonyl (C=O) groups excluding carboxylic acids is 1. The first-order valence-corrected chi connectivity index (χ1v) is 12.2. The Hall–Kier alpha value is -2.19. The molecule has 3 rings (SSSR count). The number of aliphatic hydroxyl groups is 1. The van der Waals surface area contributed by atoms with Gasteiger partial charge in [-0.25, -0.2) is 4.98 Å². The largest absolute Gasteiger partial charge is 0.433 e. The Labute approximate surface area is 200 Å². The number of benzene rings is 1.